The fourth-order valence-electron chi connectivity index (χ4n) is 8.07. The van der Waals surface area contributed by atoms with Gasteiger partial charge in [-0.2, -0.15) is 0 Å². The zero-order valence-corrected chi connectivity index (χ0v) is 31.1. The normalized spacial score (nSPS) is 14.4. The van der Waals surface area contributed by atoms with Gasteiger partial charge in [-0.05, 0) is 86.2 Å². The highest BCUT2D eigenvalue weighted by molar-refractivity contribution is 7.79. The largest absolute Gasteiger partial charge is 0.314 e. The smallest absolute Gasteiger partial charge is 0.160 e. The van der Waals surface area contributed by atoms with Crippen LogP contribution in [0.25, 0.3) is 89.2 Å². The van der Waals surface area contributed by atoms with E-state index in [2.05, 4.69) is 152 Å². The minimum absolute atomic E-state index is 0.695. The minimum atomic E-state index is -2.62. The van der Waals surface area contributed by atoms with Crippen LogP contribution in [0.5, 0.6) is 0 Å². The Morgan fingerprint density at radius 2 is 0.873 bits per heavy atom. The van der Waals surface area contributed by atoms with Gasteiger partial charge in [0.1, 0.15) is 7.14 Å². The van der Waals surface area contributed by atoms with Crippen LogP contribution >= 0.6 is 7.14 Å². The number of benzene rings is 8. The third-order valence-electron chi connectivity index (χ3n) is 10.9. The average Bonchev–Trinajstić information content (AvgIpc) is 3.49. The van der Waals surface area contributed by atoms with Crippen molar-refractivity contribution in [2.24, 2.45) is 0 Å². The van der Waals surface area contributed by atoms with Crippen molar-refractivity contribution >= 4 is 28.5 Å². The maximum absolute atomic E-state index is 13.9. The lowest BCUT2D eigenvalue weighted by Crippen LogP contribution is -2.07. The first-order valence-electron chi connectivity index (χ1n) is 18.6. The van der Waals surface area contributed by atoms with Crippen LogP contribution in [0.3, 0.4) is 0 Å². The summed E-state index contributed by atoms with van der Waals surface area (Å²) in [6, 6.07) is 67.7. The minimum Gasteiger partial charge on any atom is -0.314 e. The highest BCUT2D eigenvalue weighted by atomic mass is 31.2. The monoisotopic (exact) mass is 722 g/mol. The molecule has 0 N–H and O–H groups in total. The third-order valence-corrected chi connectivity index (χ3v) is 13.5. The molecule has 0 spiro atoms. The molecule has 1 unspecified atom stereocenters. The molecule has 10 rings (SSSR count). The Hall–Kier alpha value is -6.67. The molecule has 1 atom stereocenters. The number of rotatable bonds is 6. The second kappa shape index (κ2) is 13.3. The van der Waals surface area contributed by atoms with Crippen molar-refractivity contribution in [2.45, 2.75) is 0 Å². The van der Waals surface area contributed by atoms with E-state index in [1.807, 2.05) is 49.1 Å². The van der Waals surface area contributed by atoms with E-state index in [4.69, 9.17) is 9.97 Å². The van der Waals surface area contributed by atoms with Crippen LogP contribution in [-0.2, 0) is 4.57 Å². The molecule has 1 aromatic heterocycles. The molecule has 55 heavy (non-hydrogen) atoms. The molecule has 8 aromatic carbocycles. The molecule has 4 heteroatoms. The summed E-state index contributed by atoms with van der Waals surface area (Å²) in [7, 11) is -2.62. The Balaban J connectivity index is 1.03. The highest BCUT2D eigenvalue weighted by Crippen LogP contribution is 2.51. The van der Waals surface area contributed by atoms with Crippen molar-refractivity contribution in [3.63, 3.8) is 0 Å². The van der Waals surface area contributed by atoms with Gasteiger partial charge in [0, 0.05) is 27.3 Å². The van der Waals surface area contributed by atoms with Gasteiger partial charge in [0.25, 0.3) is 0 Å². The molecule has 2 heterocycles. The Morgan fingerprint density at radius 3 is 1.60 bits per heavy atom. The van der Waals surface area contributed by atoms with Gasteiger partial charge >= 0.3 is 0 Å². The van der Waals surface area contributed by atoms with Crippen LogP contribution < -0.4 is 10.6 Å². The molecule has 1 aliphatic rings. The fraction of sp³-hybridized carbons (Fsp3) is 0.0196. The second-order valence-electron chi connectivity index (χ2n) is 14.2. The van der Waals surface area contributed by atoms with E-state index in [9.17, 15) is 4.57 Å². The predicted molar refractivity (Wildman–Crippen MR) is 230 cm³/mol. The molecule has 0 bridgehead atoms. The van der Waals surface area contributed by atoms with E-state index < -0.39 is 7.14 Å². The van der Waals surface area contributed by atoms with Crippen molar-refractivity contribution < 1.29 is 4.57 Å². The predicted octanol–water partition coefficient (Wildman–Crippen LogP) is 12.6. The van der Waals surface area contributed by atoms with Gasteiger partial charge < -0.3 is 4.57 Å². The fourth-order valence-corrected chi connectivity index (χ4v) is 10.4. The summed E-state index contributed by atoms with van der Waals surface area (Å²) in [5.74, 6) is 0.695. The van der Waals surface area contributed by atoms with Crippen LogP contribution in [-0.4, -0.2) is 16.6 Å². The molecule has 0 amide bonds. The summed E-state index contributed by atoms with van der Waals surface area (Å²) in [5.41, 5.74) is 13.9. The summed E-state index contributed by atoms with van der Waals surface area (Å²) in [6.45, 7) is 1.89. The first-order chi connectivity index (χ1) is 27.0. The van der Waals surface area contributed by atoms with Gasteiger partial charge in [0.2, 0.25) is 0 Å². The number of hydrogen-bond donors (Lipinski definition) is 0. The molecule has 0 radical (unpaired) electrons. The summed E-state index contributed by atoms with van der Waals surface area (Å²) < 4.78 is 13.9. The third kappa shape index (κ3) is 5.81. The summed E-state index contributed by atoms with van der Waals surface area (Å²) in [4.78, 5) is 10.2. The van der Waals surface area contributed by atoms with E-state index in [0.717, 1.165) is 72.1 Å². The highest BCUT2D eigenvalue weighted by Gasteiger charge is 2.34. The molecule has 0 saturated carbocycles. The molecule has 9 aromatic rings. The van der Waals surface area contributed by atoms with Gasteiger partial charge in [-0.25, -0.2) is 9.97 Å². The molecule has 0 aliphatic carbocycles. The van der Waals surface area contributed by atoms with Gasteiger partial charge in [-0.3, -0.25) is 0 Å². The second-order valence-corrected chi connectivity index (χ2v) is 17.0. The lowest BCUT2D eigenvalue weighted by atomic mass is 9.90. The molecular weight excluding hydrogens is 688 g/mol. The summed E-state index contributed by atoms with van der Waals surface area (Å²) >= 11 is 0. The van der Waals surface area contributed by atoms with Crippen LogP contribution in [0.1, 0.15) is 0 Å². The lowest BCUT2D eigenvalue weighted by Gasteiger charge is -2.14. The first kappa shape index (κ1) is 32.9. The lowest BCUT2D eigenvalue weighted by molar-refractivity contribution is 0.591. The van der Waals surface area contributed by atoms with Crippen molar-refractivity contribution in [2.75, 3.05) is 6.66 Å². The zero-order chi connectivity index (χ0) is 36.9. The van der Waals surface area contributed by atoms with Crippen LogP contribution in [0.4, 0.5) is 0 Å². The van der Waals surface area contributed by atoms with Crippen molar-refractivity contribution in [3.05, 3.63) is 194 Å². The van der Waals surface area contributed by atoms with Crippen LogP contribution in [0, 0.1) is 0 Å². The molecule has 1 aliphatic heterocycles. The van der Waals surface area contributed by atoms with E-state index in [1.165, 1.54) is 21.9 Å². The van der Waals surface area contributed by atoms with Crippen molar-refractivity contribution in [1.82, 2.24) is 9.97 Å². The van der Waals surface area contributed by atoms with E-state index in [1.54, 1.807) is 0 Å². The Labute approximate surface area is 321 Å². The maximum Gasteiger partial charge on any atom is 0.160 e. The SMILES string of the molecule is CP1(=O)c2ccccc2-c2cc(-c3ccc(-c4ccc(-c5cc(-c6cccc(-c7ccccc7)c6)nc(-c6ccccc6)n5)cc4)c4ccccc34)ccc21. The zero-order valence-electron chi connectivity index (χ0n) is 30.2. The Bertz CT molecular complexity index is 2960. The average molecular weight is 723 g/mol. The standard InChI is InChI=1S/C51H35N2OP/c1-55(54)49-22-11-10-21-45(49)46-32-39(27-30-50(46)55)42-29-28-41(43-19-8-9-20-44(42)43)35-23-25-36(26-24-35)47-33-48(53-51(52-47)37-15-6-3-7-16-37)40-18-12-17-38(31-40)34-13-4-2-5-14-34/h2-33H,1H3. The van der Waals surface area contributed by atoms with Crippen LogP contribution in [0.15, 0.2) is 194 Å². The molecule has 0 saturated heterocycles. The van der Waals surface area contributed by atoms with E-state index in [0.29, 0.717) is 5.82 Å². The Kier molecular flexibility index (Phi) is 7.98. The maximum atomic E-state index is 13.9. The molecule has 3 nitrogen and oxygen atoms in total. The van der Waals surface area contributed by atoms with E-state index >= 15 is 0 Å². The topological polar surface area (TPSA) is 42.9 Å². The molecule has 0 fully saturated rings. The van der Waals surface area contributed by atoms with Gasteiger partial charge in [-0.1, -0.05) is 170 Å². The Morgan fingerprint density at radius 1 is 0.345 bits per heavy atom. The van der Waals surface area contributed by atoms with Gasteiger partial charge in [-0.15, -0.1) is 0 Å². The number of nitrogens with zero attached hydrogens (tertiary/aromatic N) is 2. The van der Waals surface area contributed by atoms with Crippen LogP contribution in [0.2, 0.25) is 0 Å². The van der Waals surface area contributed by atoms with Gasteiger partial charge in [0.05, 0.1) is 11.4 Å². The number of fused-ring (bicyclic) bond motifs is 4. The van der Waals surface area contributed by atoms with E-state index in [-0.39, 0.29) is 0 Å². The number of hydrogen-bond acceptors (Lipinski definition) is 3. The first-order valence-corrected chi connectivity index (χ1v) is 20.7. The van der Waals surface area contributed by atoms with Crippen molar-refractivity contribution in [1.29, 1.82) is 0 Å². The summed E-state index contributed by atoms with van der Waals surface area (Å²) in [5, 5.41) is 4.27. The summed E-state index contributed by atoms with van der Waals surface area (Å²) in [6.07, 6.45) is 0. The quantitative estimate of drug-likeness (QED) is 0.161. The van der Waals surface area contributed by atoms with Crippen molar-refractivity contribution in [3.8, 4) is 78.4 Å². The molecular formula is C51H35N2OP. The molecule has 260 valence electrons. The number of aromatic nitrogens is 2. The van der Waals surface area contributed by atoms with Gasteiger partial charge in [0.15, 0.2) is 5.82 Å².